The largest absolute Gasteiger partial charge is 0.417 e. The van der Waals surface area contributed by atoms with Gasteiger partial charge in [0.05, 0.1) is 21.7 Å². The summed E-state index contributed by atoms with van der Waals surface area (Å²) in [5, 5.41) is 0. The van der Waals surface area contributed by atoms with Crippen molar-refractivity contribution in [2.24, 2.45) is 0 Å². The number of anilines is 1. The predicted molar refractivity (Wildman–Crippen MR) is 106 cm³/mol. The normalized spacial score (nSPS) is 15.2. The number of alkyl halides is 3. The summed E-state index contributed by atoms with van der Waals surface area (Å²) in [5.41, 5.74) is -1.25. The lowest BCUT2D eigenvalue weighted by atomic mass is 10.1. The molecule has 1 N–H and O–H groups in total. The molecule has 0 unspecified atom stereocenters. The third-order valence-corrected chi connectivity index (χ3v) is 6.50. The number of amides is 1. The van der Waals surface area contributed by atoms with Crippen LogP contribution in [0.15, 0.2) is 51.8 Å². The zero-order chi connectivity index (χ0) is 21.2. The van der Waals surface area contributed by atoms with Crippen molar-refractivity contribution in [2.75, 3.05) is 17.8 Å². The van der Waals surface area contributed by atoms with Gasteiger partial charge in [0.25, 0.3) is 15.9 Å². The van der Waals surface area contributed by atoms with Gasteiger partial charge in [-0.25, -0.2) is 8.42 Å². The van der Waals surface area contributed by atoms with Crippen LogP contribution in [-0.2, 0) is 16.2 Å². The average molecular weight is 491 g/mol. The number of likely N-dealkylation sites (tertiary alicyclic amines) is 1. The first-order valence-electron chi connectivity index (χ1n) is 8.87. The van der Waals surface area contributed by atoms with Crippen molar-refractivity contribution in [3.8, 4) is 0 Å². The van der Waals surface area contributed by atoms with Gasteiger partial charge in [0.2, 0.25) is 0 Å². The van der Waals surface area contributed by atoms with Crippen molar-refractivity contribution in [3.05, 3.63) is 58.1 Å². The summed E-state index contributed by atoms with van der Waals surface area (Å²) in [6.45, 7) is 1.12. The molecule has 2 aromatic rings. The molecule has 1 heterocycles. The molecule has 10 heteroatoms. The Labute approximate surface area is 175 Å². The maximum atomic E-state index is 13.4. The van der Waals surface area contributed by atoms with E-state index in [1.54, 1.807) is 11.0 Å². The first-order chi connectivity index (χ1) is 13.6. The zero-order valence-electron chi connectivity index (χ0n) is 15.2. The van der Waals surface area contributed by atoms with Crippen molar-refractivity contribution < 1.29 is 26.4 Å². The maximum absolute atomic E-state index is 13.4. The molecular formula is C19H18BrF3N2O3S. The van der Waals surface area contributed by atoms with E-state index in [0.717, 1.165) is 25.3 Å². The minimum Gasteiger partial charge on any atom is -0.339 e. The molecule has 0 radical (unpaired) electrons. The van der Waals surface area contributed by atoms with Gasteiger partial charge in [0.1, 0.15) is 0 Å². The van der Waals surface area contributed by atoms with Gasteiger partial charge in [-0.3, -0.25) is 9.52 Å². The number of hydrogen-bond acceptors (Lipinski definition) is 3. The van der Waals surface area contributed by atoms with Crippen LogP contribution in [0.3, 0.4) is 0 Å². The van der Waals surface area contributed by atoms with Gasteiger partial charge in [-0.05, 0) is 49.6 Å². The summed E-state index contributed by atoms with van der Waals surface area (Å²) in [6, 6.07) is 8.72. The molecule has 5 nitrogen and oxygen atoms in total. The van der Waals surface area contributed by atoms with E-state index in [1.807, 2.05) is 0 Å². The lowest BCUT2D eigenvalue weighted by molar-refractivity contribution is -0.139. The highest BCUT2D eigenvalue weighted by molar-refractivity contribution is 9.10. The minimum atomic E-state index is -4.86. The second-order valence-corrected chi connectivity index (χ2v) is 9.21. The number of nitrogens with one attached hydrogen (secondary N) is 1. The van der Waals surface area contributed by atoms with Gasteiger partial charge in [-0.2, -0.15) is 13.2 Å². The Morgan fingerprint density at radius 3 is 2.34 bits per heavy atom. The van der Waals surface area contributed by atoms with Crippen LogP contribution in [0.25, 0.3) is 0 Å². The fourth-order valence-electron chi connectivity index (χ4n) is 3.18. The molecule has 1 saturated heterocycles. The molecule has 0 bridgehead atoms. The predicted octanol–water partition coefficient (Wildman–Crippen LogP) is 4.89. The lowest BCUT2D eigenvalue weighted by Crippen LogP contribution is -2.36. The molecule has 156 valence electrons. The van der Waals surface area contributed by atoms with E-state index in [4.69, 9.17) is 0 Å². The van der Waals surface area contributed by atoms with Crippen LogP contribution in [0, 0.1) is 0 Å². The lowest BCUT2D eigenvalue weighted by Gasteiger charge is -2.27. The smallest absolute Gasteiger partial charge is 0.339 e. The highest BCUT2D eigenvalue weighted by Gasteiger charge is 2.37. The molecule has 1 amide bonds. The van der Waals surface area contributed by atoms with Crippen molar-refractivity contribution in [3.63, 3.8) is 0 Å². The number of rotatable bonds is 4. The molecule has 29 heavy (non-hydrogen) atoms. The second kappa shape index (κ2) is 8.35. The molecule has 0 saturated carbocycles. The van der Waals surface area contributed by atoms with Crippen LogP contribution >= 0.6 is 15.9 Å². The topological polar surface area (TPSA) is 66.5 Å². The molecule has 1 aliphatic heterocycles. The third kappa shape index (κ3) is 4.92. The summed E-state index contributed by atoms with van der Waals surface area (Å²) >= 11 is 2.93. The standard InChI is InChI=1S/C19H18BrF3N2O3S/c20-13-8-9-17(15(12-13)19(21,22)23)29(27,28)24-16-7-3-2-6-14(16)18(26)25-10-4-1-5-11-25/h2-3,6-9,12,24H,1,4-5,10-11H2. The van der Waals surface area contributed by atoms with E-state index in [-0.39, 0.29) is 21.6 Å². The molecule has 0 aliphatic carbocycles. The van der Waals surface area contributed by atoms with Crippen LogP contribution in [0.5, 0.6) is 0 Å². The summed E-state index contributed by atoms with van der Waals surface area (Å²) < 4.78 is 67.9. The van der Waals surface area contributed by atoms with E-state index in [0.29, 0.717) is 19.2 Å². The number of carbonyl (C=O) groups is 1. The number of benzene rings is 2. The number of para-hydroxylation sites is 1. The maximum Gasteiger partial charge on any atom is 0.417 e. The minimum absolute atomic E-state index is 0.0564. The van der Waals surface area contributed by atoms with Gasteiger partial charge in [0, 0.05) is 17.6 Å². The zero-order valence-corrected chi connectivity index (χ0v) is 17.6. The first-order valence-corrected chi connectivity index (χ1v) is 11.1. The van der Waals surface area contributed by atoms with Crippen LogP contribution < -0.4 is 4.72 Å². The Morgan fingerprint density at radius 1 is 1.03 bits per heavy atom. The number of carbonyl (C=O) groups excluding carboxylic acids is 1. The number of sulfonamides is 1. The third-order valence-electron chi connectivity index (χ3n) is 4.58. The Balaban J connectivity index is 1.98. The molecule has 1 fully saturated rings. The Morgan fingerprint density at radius 2 is 1.69 bits per heavy atom. The fourth-order valence-corrected chi connectivity index (χ4v) is 4.83. The summed E-state index contributed by atoms with van der Waals surface area (Å²) in [4.78, 5) is 13.5. The Hall–Kier alpha value is -2.07. The SMILES string of the molecule is O=C(c1ccccc1NS(=O)(=O)c1ccc(Br)cc1C(F)(F)F)N1CCCCC1. The van der Waals surface area contributed by atoms with Gasteiger partial charge in [-0.15, -0.1) is 0 Å². The molecule has 0 atom stereocenters. The highest BCUT2D eigenvalue weighted by atomic mass is 79.9. The molecule has 0 aromatic heterocycles. The highest BCUT2D eigenvalue weighted by Crippen LogP contribution is 2.36. The quantitative estimate of drug-likeness (QED) is 0.662. The Bertz CT molecular complexity index is 1020. The fraction of sp³-hybridized carbons (Fsp3) is 0.316. The van der Waals surface area contributed by atoms with Crippen molar-refractivity contribution in [1.82, 2.24) is 4.90 Å². The van der Waals surface area contributed by atoms with Gasteiger partial charge in [0.15, 0.2) is 0 Å². The number of piperidine rings is 1. The van der Waals surface area contributed by atoms with E-state index in [9.17, 15) is 26.4 Å². The van der Waals surface area contributed by atoms with Crippen molar-refractivity contribution >= 4 is 37.5 Å². The molecule has 2 aromatic carbocycles. The van der Waals surface area contributed by atoms with E-state index in [1.165, 1.54) is 24.3 Å². The summed E-state index contributed by atoms with van der Waals surface area (Å²) in [7, 11) is -4.59. The summed E-state index contributed by atoms with van der Waals surface area (Å²) in [6.07, 6.45) is -2.14. The van der Waals surface area contributed by atoms with Gasteiger partial charge >= 0.3 is 6.18 Å². The molecule has 3 rings (SSSR count). The number of nitrogens with zero attached hydrogens (tertiary/aromatic N) is 1. The summed E-state index contributed by atoms with van der Waals surface area (Å²) in [5.74, 6) is -0.352. The molecule has 1 aliphatic rings. The first kappa shape index (κ1) is 21.6. The van der Waals surface area contributed by atoms with Crippen LogP contribution in [0.1, 0.15) is 35.2 Å². The van der Waals surface area contributed by atoms with E-state index < -0.39 is 26.7 Å². The molecular weight excluding hydrogens is 473 g/mol. The number of halogens is 4. The van der Waals surface area contributed by atoms with Gasteiger partial charge in [-0.1, -0.05) is 28.1 Å². The average Bonchev–Trinajstić information content (AvgIpc) is 2.67. The van der Waals surface area contributed by atoms with E-state index in [2.05, 4.69) is 20.7 Å². The van der Waals surface area contributed by atoms with Gasteiger partial charge < -0.3 is 4.90 Å². The van der Waals surface area contributed by atoms with E-state index >= 15 is 0 Å². The van der Waals surface area contributed by atoms with Crippen LogP contribution in [0.2, 0.25) is 0 Å². The monoisotopic (exact) mass is 490 g/mol. The second-order valence-electron chi connectivity index (χ2n) is 6.64. The Kier molecular flexibility index (Phi) is 6.23. The number of hydrogen-bond donors (Lipinski definition) is 1. The van der Waals surface area contributed by atoms with Crippen molar-refractivity contribution in [2.45, 2.75) is 30.3 Å². The van der Waals surface area contributed by atoms with Crippen LogP contribution in [-0.4, -0.2) is 32.3 Å². The van der Waals surface area contributed by atoms with Crippen molar-refractivity contribution in [1.29, 1.82) is 0 Å². The molecule has 0 spiro atoms. The van der Waals surface area contributed by atoms with Crippen LogP contribution in [0.4, 0.5) is 18.9 Å².